The van der Waals surface area contributed by atoms with Crippen LogP contribution in [0.3, 0.4) is 0 Å². The van der Waals surface area contributed by atoms with E-state index in [4.69, 9.17) is 9.40 Å². The van der Waals surface area contributed by atoms with Crippen LogP contribution in [0.25, 0.3) is 0 Å². The second-order valence-electron chi connectivity index (χ2n) is 6.58. The van der Waals surface area contributed by atoms with Crippen LogP contribution >= 0.6 is 22.6 Å². The zero-order valence-electron chi connectivity index (χ0n) is 12.7. The summed E-state index contributed by atoms with van der Waals surface area (Å²) in [6.07, 6.45) is 2.99. The third-order valence-electron chi connectivity index (χ3n) is 3.69. The van der Waals surface area contributed by atoms with E-state index in [0.717, 1.165) is 41.4 Å². The molecule has 3 rings (SSSR count). The molecular formula is C16H20IN3O. The van der Waals surface area contributed by atoms with Gasteiger partial charge in [-0.15, -0.1) is 0 Å². The molecule has 3 heterocycles. The van der Waals surface area contributed by atoms with E-state index < -0.39 is 0 Å². The number of furan rings is 1. The Kier molecular flexibility index (Phi) is 4.05. The Balaban J connectivity index is 1.74. The minimum absolute atomic E-state index is 0.0109. The van der Waals surface area contributed by atoms with Gasteiger partial charge in [-0.3, -0.25) is 4.90 Å². The van der Waals surface area contributed by atoms with Gasteiger partial charge in [-0.2, -0.15) is 0 Å². The van der Waals surface area contributed by atoms with Gasteiger partial charge >= 0.3 is 0 Å². The Morgan fingerprint density at radius 3 is 2.81 bits per heavy atom. The molecule has 112 valence electrons. The van der Waals surface area contributed by atoms with E-state index >= 15 is 0 Å². The molecule has 2 aromatic rings. The molecule has 2 aromatic heterocycles. The summed E-state index contributed by atoms with van der Waals surface area (Å²) in [7, 11) is 0. The van der Waals surface area contributed by atoms with Gasteiger partial charge in [-0.25, -0.2) is 9.97 Å². The predicted octanol–water partition coefficient (Wildman–Crippen LogP) is 3.53. The molecule has 0 saturated heterocycles. The molecular weight excluding hydrogens is 377 g/mol. The maximum atomic E-state index is 5.65. The zero-order valence-corrected chi connectivity index (χ0v) is 14.8. The van der Waals surface area contributed by atoms with E-state index in [1.54, 1.807) is 0 Å². The Morgan fingerprint density at radius 2 is 2.14 bits per heavy atom. The van der Waals surface area contributed by atoms with Crippen molar-refractivity contribution in [1.82, 2.24) is 14.9 Å². The van der Waals surface area contributed by atoms with Crippen LogP contribution in [-0.4, -0.2) is 21.4 Å². The van der Waals surface area contributed by atoms with Crippen LogP contribution in [0.15, 0.2) is 22.7 Å². The molecule has 0 saturated carbocycles. The van der Waals surface area contributed by atoms with E-state index in [1.165, 1.54) is 11.3 Å². The monoisotopic (exact) mass is 397 g/mol. The lowest BCUT2D eigenvalue weighted by molar-refractivity contribution is 0.221. The highest BCUT2D eigenvalue weighted by atomic mass is 127. The van der Waals surface area contributed by atoms with Gasteiger partial charge in [0.15, 0.2) is 3.77 Å². The Morgan fingerprint density at radius 1 is 1.33 bits per heavy atom. The van der Waals surface area contributed by atoms with E-state index in [0.29, 0.717) is 0 Å². The lowest BCUT2D eigenvalue weighted by atomic mass is 9.95. The van der Waals surface area contributed by atoms with Crippen molar-refractivity contribution in [3.8, 4) is 0 Å². The summed E-state index contributed by atoms with van der Waals surface area (Å²) < 4.78 is 6.59. The van der Waals surface area contributed by atoms with Crippen LogP contribution in [-0.2, 0) is 24.9 Å². The van der Waals surface area contributed by atoms with Gasteiger partial charge in [-0.1, -0.05) is 20.8 Å². The number of aromatic nitrogens is 2. The second kappa shape index (κ2) is 5.68. The molecule has 0 aliphatic carbocycles. The fraction of sp³-hybridized carbons (Fsp3) is 0.500. The number of fused-ring (bicyclic) bond motifs is 1. The first kappa shape index (κ1) is 15.0. The number of rotatable bonds is 2. The van der Waals surface area contributed by atoms with Gasteiger partial charge in [0.2, 0.25) is 0 Å². The maximum absolute atomic E-state index is 5.65. The average molecular weight is 397 g/mol. The van der Waals surface area contributed by atoms with Crippen molar-refractivity contribution < 1.29 is 4.42 Å². The lowest BCUT2D eigenvalue weighted by Gasteiger charge is -2.28. The van der Waals surface area contributed by atoms with Gasteiger partial charge in [0.05, 0.1) is 6.54 Å². The molecule has 0 N–H and O–H groups in total. The summed E-state index contributed by atoms with van der Waals surface area (Å²) in [4.78, 5) is 11.7. The van der Waals surface area contributed by atoms with Crippen LogP contribution in [0.1, 0.15) is 43.6 Å². The lowest BCUT2D eigenvalue weighted by Crippen LogP contribution is -2.31. The van der Waals surface area contributed by atoms with Crippen molar-refractivity contribution in [3.05, 3.63) is 44.9 Å². The normalized spacial score (nSPS) is 16.0. The summed E-state index contributed by atoms with van der Waals surface area (Å²) in [5, 5.41) is 0. The van der Waals surface area contributed by atoms with E-state index in [-0.39, 0.29) is 5.41 Å². The third-order valence-corrected chi connectivity index (χ3v) is 4.27. The molecule has 1 aliphatic heterocycles. The van der Waals surface area contributed by atoms with Crippen molar-refractivity contribution in [2.24, 2.45) is 0 Å². The minimum Gasteiger partial charge on any atom is -0.454 e. The number of hydrogen-bond donors (Lipinski definition) is 0. The number of hydrogen-bond acceptors (Lipinski definition) is 4. The molecule has 5 heteroatoms. The van der Waals surface area contributed by atoms with E-state index in [2.05, 4.69) is 59.3 Å². The molecule has 0 amide bonds. The molecule has 1 aliphatic rings. The van der Waals surface area contributed by atoms with Crippen LogP contribution < -0.4 is 0 Å². The predicted molar refractivity (Wildman–Crippen MR) is 90.0 cm³/mol. The smallest absolute Gasteiger partial charge is 0.164 e. The summed E-state index contributed by atoms with van der Waals surface area (Å²) in [6, 6.07) is 4.06. The summed E-state index contributed by atoms with van der Waals surface area (Å²) in [6.45, 7) is 9.23. The van der Waals surface area contributed by atoms with E-state index in [1.807, 2.05) is 12.3 Å². The zero-order chi connectivity index (χ0) is 15.0. The van der Waals surface area contributed by atoms with Gasteiger partial charge < -0.3 is 4.42 Å². The minimum atomic E-state index is 0.0109. The number of halogens is 1. The quantitative estimate of drug-likeness (QED) is 0.728. The summed E-state index contributed by atoms with van der Waals surface area (Å²) >= 11 is 2.20. The number of nitrogens with zero attached hydrogens (tertiary/aromatic N) is 3. The average Bonchev–Trinajstić information content (AvgIpc) is 2.82. The highest BCUT2D eigenvalue weighted by Gasteiger charge is 2.23. The highest BCUT2D eigenvalue weighted by Crippen LogP contribution is 2.23. The second-order valence-corrected chi connectivity index (χ2v) is 7.65. The van der Waals surface area contributed by atoms with Gasteiger partial charge in [0.25, 0.3) is 0 Å². The van der Waals surface area contributed by atoms with Crippen molar-refractivity contribution >= 4 is 22.6 Å². The summed E-state index contributed by atoms with van der Waals surface area (Å²) in [5.74, 6) is 1.96. The van der Waals surface area contributed by atoms with Gasteiger partial charge in [0, 0.05) is 42.4 Å². The summed E-state index contributed by atoms with van der Waals surface area (Å²) in [5.41, 5.74) is 2.47. The topological polar surface area (TPSA) is 42.2 Å². The molecule has 0 fully saturated rings. The molecule has 4 nitrogen and oxygen atoms in total. The Hall–Kier alpha value is -0.950. The first-order valence-corrected chi connectivity index (χ1v) is 8.31. The molecule has 0 atom stereocenters. The van der Waals surface area contributed by atoms with Crippen molar-refractivity contribution in [1.29, 1.82) is 0 Å². The first-order chi connectivity index (χ1) is 9.91. The Labute approximate surface area is 139 Å². The van der Waals surface area contributed by atoms with Crippen molar-refractivity contribution in [2.75, 3.05) is 6.54 Å². The van der Waals surface area contributed by atoms with Gasteiger partial charge in [0.1, 0.15) is 11.6 Å². The van der Waals surface area contributed by atoms with Crippen LogP contribution in [0, 0.1) is 3.77 Å². The highest BCUT2D eigenvalue weighted by molar-refractivity contribution is 14.1. The fourth-order valence-electron chi connectivity index (χ4n) is 2.53. The molecule has 0 radical (unpaired) electrons. The van der Waals surface area contributed by atoms with E-state index in [9.17, 15) is 0 Å². The fourth-order valence-corrected chi connectivity index (χ4v) is 2.99. The standard InChI is InChI=1S/C16H20IN3O/c1-16(2,3)15-18-8-11-9-20(7-6-13(11)19-15)10-12-4-5-14(17)21-12/h4-5,8H,6-7,9-10H2,1-3H3. The van der Waals surface area contributed by atoms with Crippen molar-refractivity contribution in [2.45, 2.75) is 45.7 Å². The van der Waals surface area contributed by atoms with Gasteiger partial charge in [-0.05, 0) is 34.7 Å². The van der Waals surface area contributed by atoms with Crippen LogP contribution in [0.4, 0.5) is 0 Å². The molecule has 0 spiro atoms. The molecule has 21 heavy (non-hydrogen) atoms. The van der Waals surface area contributed by atoms with Crippen LogP contribution in [0.2, 0.25) is 0 Å². The van der Waals surface area contributed by atoms with Crippen LogP contribution in [0.5, 0.6) is 0 Å². The third kappa shape index (κ3) is 3.45. The van der Waals surface area contributed by atoms with Crippen molar-refractivity contribution in [3.63, 3.8) is 0 Å². The molecule has 0 unspecified atom stereocenters. The largest absolute Gasteiger partial charge is 0.454 e. The maximum Gasteiger partial charge on any atom is 0.164 e. The Bertz CT molecular complexity index is 645. The molecule has 0 bridgehead atoms. The SMILES string of the molecule is CC(C)(C)c1ncc2c(n1)CCN(Cc1ccc(I)o1)C2. The molecule has 0 aromatic carbocycles. The first-order valence-electron chi connectivity index (χ1n) is 7.23.